The molecule has 1 saturated carbocycles. The molecule has 190 valence electrons. The van der Waals surface area contributed by atoms with Crippen LogP contribution in [0.1, 0.15) is 61.3 Å². The van der Waals surface area contributed by atoms with Crippen LogP contribution in [0.25, 0.3) is 0 Å². The fraction of sp³-hybridized carbons (Fsp3) is 0.536. The molecule has 0 aromatic heterocycles. The van der Waals surface area contributed by atoms with Gasteiger partial charge in [0.1, 0.15) is 0 Å². The molecule has 7 heteroatoms. The molecule has 0 unspecified atom stereocenters. The maximum absolute atomic E-state index is 13.0. The highest BCUT2D eigenvalue weighted by Crippen LogP contribution is 2.36. The lowest BCUT2D eigenvalue weighted by Gasteiger charge is -2.41. The summed E-state index contributed by atoms with van der Waals surface area (Å²) in [6.07, 6.45) is 1.68. The minimum atomic E-state index is -4.38. The maximum atomic E-state index is 13.0. The normalized spacial score (nSPS) is 19.7. The molecule has 1 saturated heterocycles. The van der Waals surface area contributed by atoms with Gasteiger partial charge in [0, 0.05) is 19.1 Å². The van der Waals surface area contributed by atoms with E-state index in [1.165, 1.54) is 17.7 Å². The fourth-order valence-electron chi connectivity index (χ4n) is 5.17. The highest BCUT2D eigenvalue weighted by atomic mass is 19.4. The number of alkyl halides is 3. The Morgan fingerprint density at radius 3 is 2.26 bits per heavy atom. The molecule has 35 heavy (non-hydrogen) atoms. The van der Waals surface area contributed by atoms with Crippen LogP contribution < -0.4 is 5.32 Å². The standard InChI is InChI=1S/C28H35F3N2O2/c29-28(30,31)24-11-9-22(10-12-24)25(32-26(35)23-7-4-8-23)13-16-33-17-14-27(20-34,15-18-33)19-21-5-2-1-3-6-21/h1-3,5-6,9-12,23,25,34H,4,7-8,13-20H2,(H,32,35)/t25-/m0/s1. The Balaban J connectivity index is 1.37. The van der Waals surface area contributed by atoms with Crippen molar-refractivity contribution in [1.82, 2.24) is 10.2 Å². The van der Waals surface area contributed by atoms with E-state index in [1.807, 2.05) is 18.2 Å². The Bertz CT molecular complexity index is 950. The number of rotatable bonds is 9. The van der Waals surface area contributed by atoms with E-state index >= 15 is 0 Å². The lowest BCUT2D eigenvalue weighted by molar-refractivity contribution is -0.137. The lowest BCUT2D eigenvalue weighted by atomic mass is 9.74. The molecular formula is C28H35F3N2O2. The molecule has 0 bridgehead atoms. The number of hydrogen-bond donors (Lipinski definition) is 2. The summed E-state index contributed by atoms with van der Waals surface area (Å²) in [5.41, 5.74) is 1.14. The van der Waals surface area contributed by atoms with Crippen LogP contribution in [0.5, 0.6) is 0 Å². The Kier molecular flexibility index (Phi) is 8.17. The van der Waals surface area contributed by atoms with Gasteiger partial charge in [-0.15, -0.1) is 0 Å². The summed E-state index contributed by atoms with van der Waals surface area (Å²) in [5.74, 6) is 0.0204. The summed E-state index contributed by atoms with van der Waals surface area (Å²) in [6, 6.07) is 15.1. The Morgan fingerprint density at radius 1 is 1.06 bits per heavy atom. The molecule has 1 aliphatic carbocycles. The van der Waals surface area contributed by atoms with Gasteiger partial charge in [0.15, 0.2) is 0 Å². The van der Waals surface area contributed by atoms with Gasteiger partial charge < -0.3 is 15.3 Å². The van der Waals surface area contributed by atoms with Gasteiger partial charge in [-0.25, -0.2) is 0 Å². The third kappa shape index (κ3) is 6.64. The number of amides is 1. The summed E-state index contributed by atoms with van der Waals surface area (Å²) >= 11 is 0. The number of aliphatic hydroxyl groups excluding tert-OH is 1. The molecule has 1 amide bonds. The highest BCUT2D eigenvalue weighted by molar-refractivity contribution is 5.79. The van der Waals surface area contributed by atoms with Crippen LogP contribution in [-0.4, -0.2) is 42.2 Å². The first-order chi connectivity index (χ1) is 16.8. The van der Waals surface area contributed by atoms with Crippen molar-refractivity contribution >= 4 is 5.91 Å². The molecule has 2 aromatic carbocycles. The zero-order valence-corrected chi connectivity index (χ0v) is 20.1. The zero-order chi connectivity index (χ0) is 24.9. The van der Waals surface area contributed by atoms with Crippen LogP contribution in [0.2, 0.25) is 0 Å². The molecule has 2 aliphatic rings. The van der Waals surface area contributed by atoms with Crippen molar-refractivity contribution in [3.05, 3.63) is 71.3 Å². The topological polar surface area (TPSA) is 52.6 Å². The molecule has 1 heterocycles. The van der Waals surface area contributed by atoms with Crippen molar-refractivity contribution in [1.29, 1.82) is 0 Å². The van der Waals surface area contributed by atoms with Crippen molar-refractivity contribution in [2.75, 3.05) is 26.2 Å². The zero-order valence-electron chi connectivity index (χ0n) is 20.1. The molecule has 2 fully saturated rings. The predicted molar refractivity (Wildman–Crippen MR) is 130 cm³/mol. The molecule has 0 spiro atoms. The van der Waals surface area contributed by atoms with Gasteiger partial charge in [0.2, 0.25) is 5.91 Å². The average molecular weight is 489 g/mol. The van der Waals surface area contributed by atoms with Crippen molar-refractivity contribution in [2.24, 2.45) is 11.3 Å². The van der Waals surface area contributed by atoms with E-state index in [2.05, 4.69) is 22.3 Å². The molecule has 4 nitrogen and oxygen atoms in total. The number of nitrogens with one attached hydrogen (secondary N) is 1. The monoisotopic (exact) mass is 488 g/mol. The molecule has 2 aromatic rings. The van der Waals surface area contributed by atoms with E-state index < -0.39 is 11.7 Å². The largest absolute Gasteiger partial charge is 0.416 e. The van der Waals surface area contributed by atoms with Crippen LogP contribution in [0.3, 0.4) is 0 Å². The third-order valence-electron chi connectivity index (χ3n) is 7.84. The van der Waals surface area contributed by atoms with Crippen molar-refractivity contribution in [3.8, 4) is 0 Å². The second-order valence-corrected chi connectivity index (χ2v) is 10.3. The first kappa shape index (κ1) is 25.7. The van der Waals surface area contributed by atoms with E-state index in [9.17, 15) is 23.1 Å². The highest BCUT2D eigenvalue weighted by Gasteiger charge is 2.35. The van der Waals surface area contributed by atoms with Crippen LogP contribution >= 0.6 is 0 Å². The van der Waals surface area contributed by atoms with Gasteiger partial charge in [-0.3, -0.25) is 4.79 Å². The van der Waals surface area contributed by atoms with Gasteiger partial charge >= 0.3 is 6.18 Å². The smallest absolute Gasteiger partial charge is 0.396 e. The number of likely N-dealkylation sites (tertiary alicyclic amines) is 1. The van der Waals surface area contributed by atoms with Crippen molar-refractivity contribution < 1.29 is 23.1 Å². The fourth-order valence-corrected chi connectivity index (χ4v) is 5.17. The summed E-state index contributed by atoms with van der Waals surface area (Å²) in [5, 5.41) is 13.3. The van der Waals surface area contributed by atoms with Gasteiger partial charge in [-0.2, -0.15) is 13.2 Å². The minimum Gasteiger partial charge on any atom is -0.396 e. The molecule has 2 N–H and O–H groups in total. The first-order valence-electron chi connectivity index (χ1n) is 12.6. The molecule has 4 rings (SSSR count). The van der Waals surface area contributed by atoms with E-state index in [0.29, 0.717) is 12.0 Å². The number of nitrogens with zero attached hydrogens (tertiary/aromatic N) is 1. The molecular weight excluding hydrogens is 453 g/mol. The van der Waals surface area contributed by atoms with Crippen LogP contribution in [0.4, 0.5) is 13.2 Å². The van der Waals surface area contributed by atoms with Gasteiger partial charge in [0.25, 0.3) is 0 Å². The molecule has 0 radical (unpaired) electrons. The number of piperidine rings is 1. The Labute approximate surface area is 205 Å². The summed E-state index contributed by atoms with van der Waals surface area (Å²) in [4.78, 5) is 15.0. The Morgan fingerprint density at radius 2 is 1.71 bits per heavy atom. The summed E-state index contributed by atoms with van der Waals surface area (Å²) in [7, 11) is 0. The number of halogens is 3. The summed E-state index contributed by atoms with van der Waals surface area (Å²) < 4.78 is 39.0. The molecule has 1 atom stereocenters. The van der Waals surface area contributed by atoms with E-state index in [4.69, 9.17) is 0 Å². The maximum Gasteiger partial charge on any atom is 0.416 e. The van der Waals surface area contributed by atoms with Crippen molar-refractivity contribution in [3.63, 3.8) is 0 Å². The van der Waals surface area contributed by atoms with Crippen molar-refractivity contribution in [2.45, 2.75) is 57.2 Å². The van der Waals surface area contributed by atoms with Gasteiger partial charge in [-0.05, 0) is 80.3 Å². The molecule has 1 aliphatic heterocycles. The average Bonchev–Trinajstić information content (AvgIpc) is 2.82. The summed E-state index contributed by atoms with van der Waals surface area (Å²) in [6.45, 7) is 2.60. The number of benzene rings is 2. The SMILES string of the molecule is O=C(N[C@@H](CCN1CCC(CO)(Cc2ccccc2)CC1)c1ccc(C(F)(F)F)cc1)C1CCC1. The van der Waals surface area contributed by atoms with Gasteiger partial charge in [-0.1, -0.05) is 48.9 Å². The van der Waals surface area contributed by atoms with Crippen LogP contribution in [0, 0.1) is 11.3 Å². The quantitative estimate of drug-likeness (QED) is 0.499. The number of aliphatic hydroxyl groups is 1. The van der Waals surface area contributed by atoms with E-state index in [1.54, 1.807) is 0 Å². The van der Waals surface area contributed by atoms with E-state index in [0.717, 1.165) is 70.3 Å². The second kappa shape index (κ2) is 11.1. The Hall–Kier alpha value is -2.38. The third-order valence-corrected chi connectivity index (χ3v) is 7.84. The predicted octanol–water partition coefficient (Wildman–Crippen LogP) is 5.37. The number of hydrogen-bond acceptors (Lipinski definition) is 3. The number of carbonyl (C=O) groups excluding carboxylic acids is 1. The second-order valence-electron chi connectivity index (χ2n) is 10.3. The van der Waals surface area contributed by atoms with Gasteiger partial charge in [0.05, 0.1) is 11.6 Å². The van der Waals surface area contributed by atoms with E-state index in [-0.39, 0.29) is 29.9 Å². The van der Waals surface area contributed by atoms with Crippen LogP contribution in [-0.2, 0) is 17.4 Å². The minimum absolute atomic E-state index is 0.00181. The first-order valence-corrected chi connectivity index (χ1v) is 12.6. The van der Waals surface area contributed by atoms with Crippen LogP contribution in [0.15, 0.2) is 54.6 Å². The number of carbonyl (C=O) groups is 1. The lowest BCUT2D eigenvalue weighted by Crippen LogP contribution is -2.44.